The minimum absolute atomic E-state index is 0.102. The molecule has 23 heavy (non-hydrogen) atoms. The van der Waals surface area contributed by atoms with Crippen molar-refractivity contribution in [3.05, 3.63) is 58.1 Å². The number of aryl methyl sites for hydroxylation is 1. The van der Waals surface area contributed by atoms with Gasteiger partial charge in [0.2, 0.25) is 0 Å². The molecule has 1 N–H and O–H groups in total. The van der Waals surface area contributed by atoms with Crippen LogP contribution < -0.4 is 10.1 Å². The van der Waals surface area contributed by atoms with E-state index in [-0.39, 0.29) is 5.56 Å². The van der Waals surface area contributed by atoms with Crippen LogP contribution in [0.2, 0.25) is 5.02 Å². The molecule has 0 heterocycles. The quantitative estimate of drug-likeness (QED) is 0.858. The SMILES string of the molecule is COc1cc(Cl)c(C)cc1NC(=O)c1cccc(C(F)(F)F)c1. The van der Waals surface area contributed by atoms with Crippen molar-refractivity contribution in [3.63, 3.8) is 0 Å². The molecule has 1 amide bonds. The summed E-state index contributed by atoms with van der Waals surface area (Å²) in [7, 11) is 1.40. The highest BCUT2D eigenvalue weighted by molar-refractivity contribution is 6.31. The topological polar surface area (TPSA) is 38.3 Å². The number of hydrogen-bond donors (Lipinski definition) is 1. The van der Waals surface area contributed by atoms with Gasteiger partial charge in [-0.2, -0.15) is 13.2 Å². The Morgan fingerprint density at radius 3 is 2.52 bits per heavy atom. The van der Waals surface area contributed by atoms with E-state index in [1.54, 1.807) is 13.0 Å². The Morgan fingerprint density at radius 2 is 1.91 bits per heavy atom. The number of nitrogens with one attached hydrogen (secondary N) is 1. The van der Waals surface area contributed by atoms with Crippen molar-refractivity contribution in [1.29, 1.82) is 0 Å². The van der Waals surface area contributed by atoms with E-state index in [0.29, 0.717) is 22.0 Å². The number of carbonyl (C=O) groups excluding carboxylic acids is 1. The van der Waals surface area contributed by atoms with Crippen molar-refractivity contribution in [2.75, 3.05) is 12.4 Å². The van der Waals surface area contributed by atoms with E-state index < -0.39 is 17.6 Å². The highest BCUT2D eigenvalue weighted by Gasteiger charge is 2.30. The molecule has 0 atom stereocenters. The van der Waals surface area contributed by atoms with E-state index >= 15 is 0 Å². The zero-order chi connectivity index (χ0) is 17.2. The summed E-state index contributed by atoms with van der Waals surface area (Å²) in [6.07, 6.45) is -4.51. The Kier molecular flexibility index (Phi) is 4.85. The predicted octanol–water partition coefficient (Wildman–Crippen LogP) is 4.93. The molecule has 0 aliphatic heterocycles. The first-order valence-corrected chi connectivity index (χ1v) is 6.93. The number of anilines is 1. The third kappa shape index (κ3) is 3.96. The van der Waals surface area contributed by atoms with Gasteiger partial charge in [0, 0.05) is 16.7 Å². The second-order valence-electron chi connectivity index (χ2n) is 4.83. The highest BCUT2D eigenvalue weighted by Crippen LogP contribution is 2.32. The second-order valence-corrected chi connectivity index (χ2v) is 5.24. The predicted molar refractivity (Wildman–Crippen MR) is 82.1 cm³/mol. The summed E-state index contributed by atoms with van der Waals surface area (Å²) >= 11 is 5.97. The maximum absolute atomic E-state index is 12.7. The number of rotatable bonds is 3. The Balaban J connectivity index is 2.31. The molecule has 0 saturated carbocycles. The summed E-state index contributed by atoms with van der Waals surface area (Å²) in [5.74, 6) is -0.350. The van der Waals surface area contributed by atoms with E-state index in [0.717, 1.165) is 12.1 Å². The molecule has 0 saturated heterocycles. The first-order valence-electron chi connectivity index (χ1n) is 6.55. The normalized spacial score (nSPS) is 11.2. The van der Waals surface area contributed by atoms with Gasteiger partial charge in [-0.1, -0.05) is 17.7 Å². The number of amides is 1. The Labute approximate surface area is 136 Å². The first-order chi connectivity index (χ1) is 10.7. The largest absolute Gasteiger partial charge is 0.495 e. The highest BCUT2D eigenvalue weighted by atomic mass is 35.5. The van der Waals surface area contributed by atoms with Crippen LogP contribution in [0.1, 0.15) is 21.5 Å². The van der Waals surface area contributed by atoms with Gasteiger partial charge in [-0.3, -0.25) is 4.79 Å². The third-order valence-corrected chi connectivity index (χ3v) is 3.59. The summed E-state index contributed by atoms with van der Waals surface area (Å²) in [5.41, 5.74) is 0.0440. The van der Waals surface area contributed by atoms with Gasteiger partial charge in [0.05, 0.1) is 18.4 Å². The number of halogens is 4. The summed E-state index contributed by atoms with van der Waals surface area (Å²) in [6.45, 7) is 1.74. The molecule has 122 valence electrons. The van der Waals surface area contributed by atoms with Gasteiger partial charge >= 0.3 is 6.18 Å². The number of benzene rings is 2. The molecule has 0 radical (unpaired) electrons. The van der Waals surface area contributed by atoms with Crippen LogP contribution in [0.3, 0.4) is 0 Å². The summed E-state index contributed by atoms with van der Waals surface area (Å²) < 4.78 is 43.2. The molecule has 2 rings (SSSR count). The number of alkyl halides is 3. The van der Waals surface area contributed by atoms with Crippen molar-refractivity contribution in [3.8, 4) is 5.75 Å². The molecule has 0 aromatic heterocycles. The number of carbonyl (C=O) groups is 1. The molecule has 3 nitrogen and oxygen atoms in total. The van der Waals surface area contributed by atoms with Crippen LogP contribution in [0.15, 0.2) is 36.4 Å². The van der Waals surface area contributed by atoms with Crippen molar-refractivity contribution in [2.24, 2.45) is 0 Å². The lowest BCUT2D eigenvalue weighted by Gasteiger charge is -2.13. The first kappa shape index (κ1) is 17.1. The molecule has 0 spiro atoms. The third-order valence-electron chi connectivity index (χ3n) is 3.18. The van der Waals surface area contributed by atoms with E-state index in [4.69, 9.17) is 16.3 Å². The van der Waals surface area contributed by atoms with E-state index in [2.05, 4.69) is 5.32 Å². The molecule has 7 heteroatoms. The monoisotopic (exact) mass is 343 g/mol. The Bertz CT molecular complexity index is 745. The van der Waals surface area contributed by atoms with Gasteiger partial charge in [0.1, 0.15) is 5.75 Å². The Hall–Kier alpha value is -2.21. The standard InChI is InChI=1S/C16H13ClF3NO2/c1-9-6-13(14(23-2)8-12(9)17)21-15(22)10-4-3-5-11(7-10)16(18,19)20/h3-8H,1-2H3,(H,21,22). The minimum atomic E-state index is -4.51. The maximum Gasteiger partial charge on any atom is 0.416 e. The maximum atomic E-state index is 12.7. The zero-order valence-electron chi connectivity index (χ0n) is 12.3. The fraction of sp³-hybridized carbons (Fsp3) is 0.188. The lowest BCUT2D eigenvalue weighted by atomic mass is 10.1. The fourth-order valence-corrected chi connectivity index (χ4v) is 2.11. The average molecular weight is 344 g/mol. The van der Waals surface area contributed by atoms with Crippen molar-refractivity contribution < 1.29 is 22.7 Å². The van der Waals surface area contributed by atoms with Gasteiger partial charge in [-0.05, 0) is 36.8 Å². The van der Waals surface area contributed by atoms with Gasteiger partial charge in [0.25, 0.3) is 5.91 Å². The molecule has 0 unspecified atom stereocenters. The fourth-order valence-electron chi connectivity index (χ4n) is 1.96. The van der Waals surface area contributed by atoms with Gasteiger partial charge in [0.15, 0.2) is 0 Å². The van der Waals surface area contributed by atoms with Crippen molar-refractivity contribution in [1.82, 2.24) is 0 Å². The van der Waals surface area contributed by atoms with Crippen LogP contribution in [0.4, 0.5) is 18.9 Å². The van der Waals surface area contributed by atoms with Crippen molar-refractivity contribution >= 4 is 23.2 Å². The van der Waals surface area contributed by atoms with Crippen LogP contribution in [0.25, 0.3) is 0 Å². The molecule has 0 fully saturated rings. The van der Waals surface area contributed by atoms with Gasteiger partial charge in [-0.25, -0.2) is 0 Å². The van der Waals surface area contributed by atoms with Gasteiger partial charge < -0.3 is 10.1 Å². The van der Waals surface area contributed by atoms with Gasteiger partial charge in [-0.15, -0.1) is 0 Å². The zero-order valence-corrected chi connectivity index (χ0v) is 13.0. The average Bonchev–Trinajstić information content (AvgIpc) is 2.50. The van der Waals surface area contributed by atoms with E-state index in [1.807, 2.05) is 0 Å². The summed E-state index contributed by atoms with van der Waals surface area (Å²) in [5, 5.41) is 2.99. The molecular weight excluding hydrogens is 331 g/mol. The van der Waals surface area contributed by atoms with Crippen molar-refractivity contribution in [2.45, 2.75) is 13.1 Å². The lowest BCUT2D eigenvalue weighted by molar-refractivity contribution is -0.137. The molecular formula is C16H13ClF3NO2. The van der Waals surface area contributed by atoms with Crippen LogP contribution in [0, 0.1) is 6.92 Å². The minimum Gasteiger partial charge on any atom is -0.495 e. The molecule has 2 aromatic rings. The summed E-state index contributed by atoms with van der Waals surface area (Å²) in [6, 6.07) is 7.31. The lowest BCUT2D eigenvalue weighted by Crippen LogP contribution is -2.14. The van der Waals surface area contributed by atoms with E-state index in [1.165, 1.54) is 25.3 Å². The molecule has 0 bridgehead atoms. The molecule has 0 aliphatic rings. The number of hydrogen-bond acceptors (Lipinski definition) is 2. The Morgan fingerprint density at radius 1 is 1.22 bits per heavy atom. The van der Waals surface area contributed by atoms with E-state index in [9.17, 15) is 18.0 Å². The molecule has 0 aliphatic carbocycles. The second kappa shape index (κ2) is 6.50. The van der Waals surface area contributed by atoms with Crippen LogP contribution in [0.5, 0.6) is 5.75 Å². The van der Waals surface area contributed by atoms with Crippen LogP contribution in [-0.2, 0) is 6.18 Å². The molecule has 2 aromatic carbocycles. The number of ether oxygens (including phenoxy) is 1. The number of methoxy groups -OCH3 is 1. The van der Waals surface area contributed by atoms with Crippen LogP contribution >= 0.6 is 11.6 Å². The smallest absolute Gasteiger partial charge is 0.416 e. The van der Waals surface area contributed by atoms with Crippen LogP contribution in [-0.4, -0.2) is 13.0 Å². The summed E-state index contributed by atoms with van der Waals surface area (Å²) in [4.78, 5) is 12.2.